The molecule has 4 aliphatic heterocycles. The van der Waals surface area contributed by atoms with Gasteiger partial charge in [0.1, 0.15) is 17.6 Å². The van der Waals surface area contributed by atoms with Gasteiger partial charge in [-0.25, -0.2) is 0 Å². The van der Waals surface area contributed by atoms with Crippen LogP contribution in [0.25, 0.3) is 10.8 Å². The van der Waals surface area contributed by atoms with Gasteiger partial charge in [-0.15, -0.1) is 0 Å². The zero-order valence-corrected chi connectivity index (χ0v) is 34.4. The summed E-state index contributed by atoms with van der Waals surface area (Å²) in [6.45, 7) is 12.8. The third kappa shape index (κ3) is 7.53. The summed E-state index contributed by atoms with van der Waals surface area (Å²) in [6, 6.07) is 1.06. The number of rotatable bonds is 4. The zero-order valence-electron chi connectivity index (χ0n) is 34.4. The van der Waals surface area contributed by atoms with Gasteiger partial charge < -0.3 is 54.7 Å². The number of nitrogens with one attached hydrogen (secondary N) is 1. The van der Waals surface area contributed by atoms with Gasteiger partial charge in [0.15, 0.2) is 11.5 Å². The van der Waals surface area contributed by atoms with E-state index in [1.54, 1.807) is 27.7 Å². The molecule has 1 amide bonds. The molecular formula is C43H56N2O13. The number of fused-ring (bicyclic) bond motifs is 12. The Morgan fingerprint density at radius 2 is 1.72 bits per heavy atom. The van der Waals surface area contributed by atoms with Crippen molar-refractivity contribution in [3.05, 3.63) is 41.2 Å². The van der Waals surface area contributed by atoms with Crippen molar-refractivity contribution in [1.29, 1.82) is 0 Å². The first-order valence-electron chi connectivity index (χ1n) is 19.9. The highest BCUT2D eigenvalue weighted by molar-refractivity contribution is 6.23. The van der Waals surface area contributed by atoms with Crippen molar-refractivity contribution in [2.45, 2.75) is 117 Å². The number of phenolic OH excluding ortho intramolecular Hbond substituents is 2. The number of Topliss-reactive ketones (excluding diaryl/α,β-unsaturated/α-hetero) is 1. The van der Waals surface area contributed by atoms with E-state index < -0.39 is 107 Å². The van der Waals surface area contributed by atoms with Crippen LogP contribution in [0.1, 0.15) is 83.7 Å². The van der Waals surface area contributed by atoms with Crippen LogP contribution >= 0.6 is 0 Å². The van der Waals surface area contributed by atoms with Gasteiger partial charge in [-0.1, -0.05) is 20.8 Å². The molecule has 0 radical (unpaired) electrons. The van der Waals surface area contributed by atoms with E-state index in [1.165, 1.54) is 59.3 Å². The number of phenols is 2. The van der Waals surface area contributed by atoms with E-state index >= 15 is 0 Å². The number of methoxy groups -OCH3 is 1. The molecule has 58 heavy (non-hydrogen) atoms. The fraction of sp³-hybridized carbons (Fsp3) is 0.581. The standard InChI is InChI=1S/C43H56N2O13/c1-18-15-30(48)25-16-26(25)36(50)20(3)35(49)21(4)39(57-24(7)47)19(2)31(55-9)12-14-56-43(8)41(53)34-32-29(45-13-10-11-28(45)23(6)46)17-27(44-42(18)54)38(52)33(32)37(51)22(5)40(34)58-43/h12,14-15,17,19-21,23,25-26,28,31,35-36,39,46,49-52H,10-11,13,16H2,1-9H3,(H,44,54). The highest BCUT2D eigenvalue weighted by Gasteiger charge is 2.52. The van der Waals surface area contributed by atoms with Crippen molar-refractivity contribution in [2.75, 3.05) is 23.9 Å². The summed E-state index contributed by atoms with van der Waals surface area (Å²) in [6.07, 6.45) is 0.753. The second-order valence-corrected chi connectivity index (χ2v) is 16.7. The molecule has 15 nitrogen and oxygen atoms in total. The van der Waals surface area contributed by atoms with Crippen LogP contribution in [-0.4, -0.2) is 105 Å². The number of amides is 1. The fourth-order valence-corrected chi connectivity index (χ4v) is 9.12. The van der Waals surface area contributed by atoms with Crippen molar-refractivity contribution in [3.8, 4) is 17.2 Å². The van der Waals surface area contributed by atoms with Crippen molar-refractivity contribution in [1.82, 2.24) is 0 Å². The maximum Gasteiger partial charge on any atom is 0.312 e. The van der Waals surface area contributed by atoms with Crippen LogP contribution in [0.2, 0.25) is 0 Å². The summed E-state index contributed by atoms with van der Waals surface area (Å²) < 4.78 is 23.8. The van der Waals surface area contributed by atoms with Crippen LogP contribution in [0.15, 0.2) is 30.1 Å². The second kappa shape index (κ2) is 16.2. The van der Waals surface area contributed by atoms with Crippen LogP contribution in [0.4, 0.5) is 11.4 Å². The third-order valence-electron chi connectivity index (χ3n) is 12.7. The number of nitrogens with zero attached hydrogens (tertiary/aromatic N) is 1. The molecule has 6 N–H and O–H groups in total. The van der Waals surface area contributed by atoms with Crippen molar-refractivity contribution >= 4 is 45.6 Å². The Morgan fingerprint density at radius 3 is 2.36 bits per heavy atom. The summed E-state index contributed by atoms with van der Waals surface area (Å²) in [5.41, 5.74) is 0.376. The number of hydrogen-bond acceptors (Lipinski definition) is 14. The van der Waals surface area contributed by atoms with Gasteiger partial charge in [-0.05, 0) is 64.2 Å². The minimum absolute atomic E-state index is 0.00944. The number of esters is 1. The number of anilines is 2. The average molecular weight is 809 g/mol. The molecule has 2 fully saturated rings. The molecule has 7 rings (SSSR count). The van der Waals surface area contributed by atoms with Crippen LogP contribution < -0.4 is 15.0 Å². The lowest BCUT2D eigenvalue weighted by atomic mass is 9.79. The number of hydrogen-bond donors (Lipinski definition) is 6. The SMILES string of the molecule is COC1C=COC2(C)Oc3c(C)c(O)c4c(O)c(cc(N5CCCC5C(C)O)c4c3C2=O)NC(=O)C(C)=CC(=O)C2CC2C(O)C(C)C(O)C(C)C(OC(C)=O)C1C. The van der Waals surface area contributed by atoms with E-state index in [0.29, 0.717) is 31.5 Å². The lowest BCUT2D eigenvalue weighted by Crippen LogP contribution is -2.46. The Morgan fingerprint density at radius 1 is 1.03 bits per heavy atom. The Kier molecular flexibility index (Phi) is 11.9. The summed E-state index contributed by atoms with van der Waals surface area (Å²) in [5, 5.41) is 60.0. The number of aromatic hydroxyl groups is 2. The summed E-state index contributed by atoms with van der Waals surface area (Å²) >= 11 is 0. The van der Waals surface area contributed by atoms with Gasteiger partial charge in [0, 0.05) is 73.4 Å². The van der Waals surface area contributed by atoms with Gasteiger partial charge in [0.2, 0.25) is 0 Å². The molecule has 4 heterocycles. The largest absolute Gasteiger partial charge is 0.507 e. The number of ketones is 2. The van der Waals surface area contributed by atoms with E-state index in [9.17, 15) is 44.7 Å². The fourth-order valence-electron chi connectivity index (χ4n) is 9.12. The number of benzene rings is 2. The predicted octanol–water partition coefficient (Wildman–Crippen LogP) is 4.41. The summed E-state index contributed by atoms with van der Waals surface area (Å²) in [4.78, 5) is 56.0. The first kappa shape index (κ1) is 42.9. The minimum atomic E-state index is -1.98. The van der Waals surface area contributed by atoms with Gasteiger partial charge in [-0.2, -0.15) is 0 Å². The predicted molar refractivity (Wildman–Crippen MR) is 212 cm³/mol. The molecule has 12 atom stereocenters. The normalized spacial score (nSPS) is 33.7. The highest BCUT2D eigenvalue weighted by atomic mass is 16.7. The highest BCUT2D eigenvalue weighted by Crippen LogP contribution is 2.55. The van der Waals surface area contributed by atoms with Gasteiger partial charge in [0.25, 0.3) is 11.7 Å². The third-order valence-corrected chi connectivity index (χ3v) is 12.7. The van der Waals surface area contributed by atoms with E-state index in [1.807, 2.05) is 4.90 Å². The van der Waals surface area contributed by atoms with Crippen molar-refractivity contribution < 1.29 is 63.7 Å². The topological polar surface area (TPSA) is 222 Å². The maximum absolute atomic E-state index is 14.6. The van der Waals surface area contributed by atoms with Crippen LogP contribution in [0.5, 0.6) is 17.2 Å². The molecule has 12 unspecified atom stereocenters. The average Bonchev–Trinajstić information content (AvgIpc) is 3.74. The van der Waals surface area contributed by atoms with Crippen molar-refractivity contribution in [3.63, 3.8) is 0 Å². The van der Waals surface area contributed by atoms with Gasteiger partial charge in [-0.3, -0.25) is 19.2 Å². The van der Waals surface area contributed by atoms with E-state index in [0.717, 1.165) is 0 Å². The van der Waals surface area contributed by atoms with Crippen molar-refractivity contribution in [2.24, 2.45) is 29.6 Å². The molecule has 316 valence electrons. The lowest BCUT2D eigenvalue weighted by Gasteiger charge is -2.37. The summed E-state index contributed by atoms with van der Waals surface area (Å²) in [5.74, 6) is -8.43. The van der Waals surface area contributed by atoms with Crippen LogP contribution in [0, 0.1) is 36.5 Å². The van der Waals surface area contributed by atoms with Crippen LogP contribution in [-0.2, 0) is 28.6 Å². The number of allylic oxidation sites excluding steroid dienone is 1. The molecule has 5 aliphatic rings. The number of carbonyl (C=O) groups excluding carboxylic acids is 4. The molecule has 0 spiro atoms. The minimum Gasteiger partial charge on any atom is -0.507 e. The quantitative estimate of drug-likeness (QED) is 0.186. The van der Waals surface area contributed by atoms with E-state index in [-0.39, 0.29) is 38.9 Å². The molecule has 0 aromatic heterocycles. The number of aliphatic hydroxyl groups excluding tert-OH is 3. The molecule has 1 aliphatic carbocycles. The van der Waals surface area contributed by atoms with E-state index in [2.05, 4.69) is 5.32 Å². The van der Waals surface area contributed by atoms with Crippen LogP contribution in [0.3, 0.4) is 0 Å². The molecule has 15 heteroatoms. The second-order valence-electron chi connectivity index (χ2n) is 16.7. The Labute approximate surface area is 337 Å². The Balaban J connectivity index is 1.52. The number of ether oxygens (including phenoxy) is 4. The lowest BCUT2D eigenvalue weighted by molar-refractivity contribution is -0.160. The molecule has 1 saturated heterocycles. The van der Waals surface area contributed by atoms with Gasteiger partial charge >= 0.3 is 11.8 Å². The monoisotopic (exact) mass is 808 g/mol. The summed E-state index contributed by atoms with van der Waals surface area (Å²) in [7, 11) is 1.44. The number of carbonyl (C=O) groups is 4. The molecule has 1 saturated carbocycles. The molecular weight excluding hydrogens is 752 g/mol. The molecule has 2 aromatic rings. The zero-order chi connectivity index (χ0) is 42.7. The molecule has 5 bridgehead atoms. The Bertz CT molecular complexity index is 2060. The maximum atomic E-state index is 14.6. The first-order chi connectivity index (χ1) is 27.2. The Hall–Kier alpha value is -4.70. The van der Waals surface area contributed by atoms with E-state index in [4.69, 9.17) is 18.9 Å². The first-order valence-corrected chi connectivity index (χ1v) is 19.9. The molecule has 2 aromatic carbocycles. The smallest absolute Gasteiger partial charge is 0.312 e. The number of aliphatic hydroxyl groups is 3. The van der Waals surface area contributed by atoms with Gasteiger partial charge in [0.05, 0.1) is 53.4 Å².